The Labute approximate surface area is 120 Å². The third-order valence-corrected chi connectivity index (χ3v) is 3.96. The van der Waals surface area contributed by atoms with Crippen LogP contribution in [0.15, 0.2) is 6.20 Å². The van der Waals surface area contributed by atoms with Crippen LogP contribution >= 0.6 is 0 Å². The van der Waals surface area contributed by atoms with Crippen molar-refractivity contribution in [1.82, 2.24) is 14.9 Å². The summed E-state index contributed by atoms with van der Waals surface area (Å²) in [5.41, 5.74) is 6.91. The van der Waals surface area contributed by atoms with E-state index >= 15 is 0 Å². The molecule has 20 heavy (non-hydrogen) atoms. The van der Waals surface area contributed by atoms with E-state index in [9.17, 15) is 4.79 Å². The molecular formula is C15H24N4O. The molecule has 1 aromatic rings. The lowest BCUT2D eigenvalue weighted by atomic mass is 9.82. The lowest BCUT2D eigenvalue weighted by molar-refractivity contribution is 0.0625. The van der Waals surface area contributed by atoms with Crippen molar-refractivity contribution in [2.45, 2.75) is 46.5 Å². The zero-order valence-corrected chi connectivity index (χ0v) is 12.8. The second kappa shape index (κ2) is 5.38. The van der Waals surface area contributed by atoms with Gasteiger partial charge in [-0.05, 0) is 18.3 Å². The van der Waals surface area contributed by atoms with Crippen LogP contribution in [0.1, 0.15) is 62.8 Å². The van der Waals surface area contributed by atoms with Crippen LogP contribution in [0.4, 0.5) is 5.69 Å². The first kappa shape index (κ1) is 14.8. The molecule has 0 aliphatic carbocycles. The second-order valence-electron chi connectivity index (χ2n) is 6.64. The van der Waals surface area contributed by atoms with Crippen molar-refractivity contribution in [2.24, 2.45) is 5.41 Å². The number of piperidine rings is 1. The van der Waals surface area contributed by atoms with Gasteiger partial charge in [-0.2, -0.15) is 0 Å². The van der Waals surface area contributed by atoms with E-state index in [2.05, 4.69) is 23.8 Å². The number of aromatic nitrogens is 2. The Kier molecular flexibility index (Phi) is 3.97. The predicted octanol–water partition coefficient (Wildman–Crippen LogP) is 2.44. The number of hydrogen-bond donors (Lipinski definition) is 1. The summed E-state index contributed by atoms with van der Waals surface area (Å²) in [6.45, 7) is 10.0. The number of carbonyl (C=O) groups is 1. The quantitative estimate of drug-likeness (QED) is 0.900. The zero-order valence-electron chi connectivity index (χ0n) is 12.8. The minimum Gasteiger partial charge on any atom is -0.396 e. The fraction of sp³-hybridized carbons (Fsp3) is 0.667. The fourth-order valence-corrected chi connectivity index (χ4v) is 2.32. The summed E-state index contributed by atoms with van der Waals surface area (Å²) in [6.07, 6.45) is 3.57. The third-order valence-electron chi connectivity index (χ3n) is 3.96. The molecule has 1 saturated heterocycles. The smallest absolute Gasteiger partial charge is 0.274 e. The van der Waals surface area contributed by atoms with Crippen molar-refractivity contribution >= 4 is 11.6 Å². The Hall–Kier alpha value is -1.65. The molecule has 0 bridgehead atoms. The van der Waals surface area contributed by atoms with Crippen LogP contribution in [0, 0.1) is 5.41 Å². The molecule has 0 unspecified atom stereocenters. The monoisotopic (exact) mass is 276 g/mol. The first-order valence-electron chi connectivity index (χ1n) is 7.22. The van der Waals surface area contributed by atoms with Gasteiger partial charge in [0, 0.05) is 19.0 Å². The van der Waals surface area contributed by atoms with Gasteiger partial charge in [0.25, 0.3) is 5.91 Å². The van der Waals surface area contributed by atoms with Gasteiger partial charge < -0.3 is 10.6 Å². The molecule has 0 aromatic carbocycles. The summed E-state index contributed by atoms with van der Waals surface area (Å²) >= 11 is 0. The molecule has 0 radical (unpaired) electrons. The summed E-state index contributed by atoms with van der Waals surface area (Å²) < 4.78 is 0. The second-order valence-corrected chi connectivity index (χ2v) is 6.64. The van der Waals surface area contributed by atoms with Crippen molar-refractivity contribution in [3.63, 3.8) is 0 Å². The summed E-state index contributed by atoms with van der Waals surface area (Å²) in [6, 6.07) is 0. The van der Waals surface area contributed by atoms with E-state index in [0.717, 1.165) is 25.9 Å². The average molecular weight is 276 g/mol. The van der Waals surface area contributed by atoms with Crippen LogP contribution in [0.2, 0.25) is 0 Å². The maximum absolute atomic E-state index is 12.6. The first-order valence-corrected chi connectivity index (χ1v) is 7.22. The van der Waals surface area contributed by atoms with E-state index in [4.69, 9.17) is 5.73 Å². The number of likely N-dealkylation sites (tertiary alicyclic amines) is 1. The molecule has 1 amide bonds. The van der Waals surface area contributed by atoms with Gasteiger partial charge in [0.15, 0.2) is 5.69 Å². The van der Waals surface area contributed by atoms with E-state index in [1.165, 1.54) is 0 Å². The lowest BCUT2D eigenvalue weighted by Gasteiger charge is -2.36. The van der Waals surface area contributed by atoms with Crippen LogP contribution in [-0.2, 0) is 0 Å². The van der Waals surface area contributed by atoms with E-state index in [1.807, 2.05) is 18.7 Å². The van der Waals surface area contributed by atoms with E-state index in [0.29, 0.717) is 22.6 Å². The highest BCUT2D eigenvalue weighted by Gasteiger charge is 2.29. The maximum Gasteiger partial charge on any atom is 0.274 e. The van der Waals surface area contributed by atoms with Crippen molar-refractivity contribution in [3.8, 4) is 0 Å². The Balaban J connectivity index is 2.19. The Bertz CT molecular complexity index is 501. The minimum atomic E-state index is -0.0673. The van der Waals surface area contributed by atoms with Crippen LogP contribution < -0.4 is 5.73 Å². The lowest BCUT2D eigenvalue weighted by Crippen LogP contribution is -2.41. The first-order chi connectivity index (χ1) is 9.30. The molecule has 1 aromatic heterocycles. The van der Waals surface area contributed by atoms with Gasteiger partial charge in [0.1, 0.15) is 5.82 Å². The SMILES string of the molecule is CC(C)c1ncc(N)c(C(=O)N2CCC(C)(C)CC2)n1. The van der Waals surface area contributed by atoms with E-state index < -0.39 is 0 Å². The largest absolute Gasteiger partial charge is 0.396 e. The predicted molar refractivity (Wildman–Crippen MR) is 79.5 cm³/mol. The highest BCUT2D eigenvalue weighted by Crippen LogP contribution is 2.30. The van der Waals surface area contributed by atoms with Crippen LogP contribution in [0.3, 0.4) is 0 Å². The number of nitrogens with two attached hydrogens (primary N) is 1. The van der Waals surface area contributed by atoms with Crippen molar-refractivity contribution < 1.29 is 4.79 Å². The zero-order chi connectivity index (χ0) is 14.9. The van der Waals surface area contributed by atoms with Crippen molar-refractivity contribution in [3.05, 3.63) is 17.7 Å². The highest BCUT2D eigenvalue weighted by atomic mass is 16.2. The molecule has 2 rings (SSSR count). The van der Waals surface area contributed by atoms with Crippen LogP contribution in [0.5, 0.6) is 0 Å². The summed E-state index contributed by atoms with van der Waals surface area (Å²) in [5.74, 6) is 0.782. The van der Waals surface area contributed by atoms with E-state index in [1.54, 1.807) is 6.20 Å². The Morgan fingerprint density at radius 2 is 1.95 bits per heavy atom. The topological polar surface area (TPSA) is 72.1 Å². The highest BCUT2D eigenvalue weighted by molar-refractivity contribution is 5.97. The Morgan fingerprint density at radius 1 is 1.35 bits per heavy atom. The van der Waals surface area contributed by atoms with Crippen LogP contribution in [0.25, 0.3) is 0 Å². The summed E-state index contributed by atoms with van der Waals surface area (Å²) in [4.78, 5) is 23.0. The van der Waals surface area contributed by atoms with E-state index in [-0.39, 0.29) is 11.8 Å². The fourth-order valence-electron chi connectivity index (χ4n) is 2.32. The Morgan fingerprint density at radius 3 is 2.50 bits per heavy atom. The molecule has 5 nitrogen and oxygen atoms in total. The van der Waals surface area contributed by atoms with Gasteiger partial charge in [-0.3, -0.25) is 4.79 Å². The number of nitrogens with zero attached hydrogens (tertiary/aromatic N) is 3. The maximum atomic E-state index is 12.6. The number of rotatable bonds is 2. The number of carbonyl (C=O) groups excluding carboxylic acids is 1. The molecule has 2 heterocycles. The number of amides is 1. The number of anilines is 1. The molecule has 110 valence electrons. The molecule has 2 N–H and O–H groups in total. The molecule has 1 fully saturated rings. The molecular weight excluding hydrogens is 252 g/mol. The molecule has 1 aliphatic rings. The van der Waals surface area contributed by atoms with Crippen molar-refractivity contribution in [1.29, 1.82) is 0 Å². The van der Waals surface area contributed by atoms with Gasteiger partial charge in [-0.25, -0.2) is 9.97 Å². The summed E-state index contributed by atoms with van der Waals surface area (Å²) in [5, 5.41) is 0. The van der Waals surface area contributed by atoms with Gasteiger partial charge in [-0.15, -0.1) is 0 Å². The standard InChI is InChI=1S/C15H24N4O/c1-10(2)13-17-9-11(16)12(18-13)14(20)19-7-5-15(3,4)6-8-19/h9-10H,5-8,16H2,1-4H3. The van der Waals surface area contributed by atoms with Gasteiger partial charge >= 0.3 is 0 Å². The molecule has 5 heteroatoms. The molecule has 0 spiro atoms. The molecule has 1 aliphatic heterocycles. The van der Waals surface area contributed by atoms with Gasteiger partial charge in [0.05, 0.1) is 11.9 Å². The molecule has 0 saturated carbocycles. The molecule has 0 atom stereocenters. The number of nitrogen functional groups attached to an aromatic ring is 1. The van der Waals surface area contributed by atoms with Crippen LogP contribution in [-0.4, -0.2) is 33.9 Å². The van der Waals surface area contributed by atoms with Gasteiger partial charge in [-0.1, -0.05) is 27.7 Å². The number of hydrogen-bond acceptors (Lipinski definition) is 4. The normalized spacial score (nSPS) is 18.4. The summed E-state index contributed by atoms with van der Waals surface area (Å²) in [7, 11) is 0. The minimum absolute atomic E-state index is 0.0673. The van der Waals surface area contributed by atoms with Gasteiger partial charge in [0.2, 0.25) is 0 Å². The average Bonchev–Trinajstić information content (AvgIpc) is 2.38. The van der Waals surface area contributed by atoms with Crippen molar-refractivity contribution in [2.75, 3.05) is 18.8 Å². The third kappa shape index (κ3) is 3.08.